The van der Waals surface area contributed by atoms with Gasteiger partial charge in [0.1, 0.15) is 11.6 Å². The first-order chi connectivity index (χ1) is 11.1. The number of rotatable bonds is 5. The van der Waals surface area contributed by atoms with E-state index in [1.165, 1.54) is 6.07 Å². The number of benzene rings is 2. The normalized spacial score (nSPS) is 13.7. The van der Waals surface area contributed by atoms with Gasteiger partial charge in [0.25, 0.3) is 5.91 Å². The van der Waals surface area contributed by atoms with Crippen molar-refractivity contribution in [1.82, 2.24) is 4.90 Å². The van der Waals surface area contributed by atoms with Crippen LogP contribution in [0.3, 0.4) is 0 Å². The monoisotopic (exact) mass is 377 g/mol. The smallest absolute Gasteiger partial charge is 0.255 e. The van der Waals surface area contributed by atoms with Gasteiger partial charge in [-0.3, -0.25) is 4.79 Å². The third kappa shape index (κ3) is 3.55. The third-order valence-corrected chi connectivity index (χ3v) is 4.64. The molecule has 1 saturated carbocycles. The van der Waals surface area contributed by atoms with Gasteiger partial charge in [-0.05, 0) is 53.0 Å². The molecule has 1 fully saturated rings. The quantitative estimate of drug-likeness (QED) is 0.772. The van der Waals surface area contributed by atoms with Crippen molar-refractivity contribution in [1.29, 1.82) is 0 Å². The van der Waals surface area contributed by atoms with Gasteiger partial charge in [-0.1, -0.05) is 18.2 Å². The molecule has 3 rings (SSSR count). The van der Waals surface area contributed by atoms with Crippen molar-refractivity contribution in [2.45, 2.75) is 25.4 Å². The molecule has 2 aromatic rings. The molecule has 0 unspecified atom stereocenters. The number of hydrogen-bond donors (Lipinski definition) is 0. The molecule has 1 aliphatic carbocycles. The first-order valence-electron chi connectivity index (χ1n) is 7.48. The highest BCUT2D eigenvalue weighted by Gasteiger charge is 2.34. The van der Waals surface area contributed by atoms with Gasteiger partial charge in [0, 0.05) is 22.6 Å². The molecule has 0 bridgehead atoms. The van der Waals surface area contributed by atoms with E-state index in [9.17, 15) is 9.18 Å². The minimum atomic E-state index is -0.282. The van der Waals surface area contributed by atoms with Crippen LogP contribution in [0.15, 0.2) is 46.9 Å². The lowest BCUT2D eigenvalue weighted by molar-refractivity contribution is 0.0727. The molecule has 120 valence electrons. The maximum absolute atomic E-state index is 13.9. The number of carbonyl (C=O) groups is 1. The third-order valence-electron chi connectivity index (χ3n) is 3.95. The average molecular weight is 378 g/mol. The van der Waals surface area contributed by atoms with Gasteiger partial charge in [0.15, 0.2) is 0 Å². The Hall–Kier alpha value is -1.88. The van der Waals surface area contributed by atoms with Crippen LogP contribution in [0.4, 0.5) is 4.39 Å². The van der Waals surface area contributed by atoms with Gasteiger partial charge in [-0.2, -0.15) is 0 Å². The minimum Gasteiger partial charge on any atom is -0.497 e. The van der Waals surface area contributed by atoms with Crippen LogP contribution < -0.4 is 4.74 Å². The molecule has 3 nitrogen and oxygen atoms in total. The van der Waals surface area contributed by atoms with Crippen molar-refractivity contribution in [3.8, 4) is 5.75 Å². The highest BCUT2D eigenvalue weighted by atomic mass is 79.9. The lowest BCUT2D eigenvalue weighted by Gasteiger charge is -2.23. The molecule has 0 aromatic heterocycles. The van der Waals surface area contributed by atoms with Crippen LogP contribution in [-0.4, -0.2) is 24.0 Å². The summed E-state index contributed by atoms with van der Waals surface area (Å²) in [5.74, 6) is 0.232. The summed E-state index contributed by atoms with van der Waals surface area (Å²) in [6.45, 7) is 0.278. The Morgan fingerprint density at radius 1 is 1.30 bits per heavy atom. The molecule has 0 radical (unpaired) electrons. The van der Waals surface area contributed by atoms with E-state index in [1.54, 1.807) is 48.4 Å². The average Bonchev–Trinajstić information content (AvgIpc) is 3.39. The summed E-state index contributed by atoms with van der Waals surface area (Å²) in [4.78, 5) is 14.7. The molecule has 0 atom stereocenters. The van der Waals surface area contributed by atoms with Gasteiger partial charge >= 0.3 is 0 Å². The fraction of sp³-hybridized carbons (Fsp3) is 0.278. The summed E-state index contributed by atoms with van der Waals surface area (Å²) in [6.07, 6.45) is 1.92. The second kappa shape index (κ2) is 6.71. The Morgan fingerprint density at radius 2 is 2.04 bits per heavy atom. The molecule has 2 aromatic carbocycles. The topological polar surface area (TPSA) is 29.5 Å². The van der Waals surface area contributed by atoms with Crippen LogP contribution >= 0.6 is 15.9 Å². The predicted octanol–water partition coefficient (Wildman–Crippen LogP) is 4.40. The Labute approximate surface area is 143 Å². The molecule has 1 aliphatic rings. The molecule has 5 heteroatoms. The lowest BCUT2D eigenvalue weighted by Crippen LogP contribution is -2.33. The molecule has 23 heavy (non-hydrogen) atoms. The first-order valence-corrected chi connectivity index (χ1v) is 8.27. The molecule has 0 aliphatic heterocycles. The fourth-order valence-electron chi connectivity index (χ4n) is 2.51. The fourth-order valence-corrected chi connectivity index (χ4v) is 2.93. The van der Waals surface area contributed by atoms with Crippen LogP contribution in [0.5, 0.6) is 5.75 Å². The number of amides is 1. The summed E-state index contributed by atoms with van der Waals surface area (Å²) in [5, 5.41) is 0. The largest absolute Gasteiger partial charge is 0.497 e. The summed E-state index contributed by atoms with van der Waals surface area (Å²) < 4.78 is 19.8. The number of carbonyl (C=O) groups excluding carboxylic acids is 1. The van der Waals surface area contributed by atoms with Gasteiger partial charge < -0.3 is 9.64 Å². The summed E-state index contributed by atoms with van der Waals surface area (Å²) in [6, 6.07) is 12.1. The van der Waals surface area contributed by atoms with E-state index >= 15 is 0 Å². The highest BCUT2D eigenvalue weighted by Crippen LogP contribution is 2.32. The van der Waals surface area contributed by atoms with Crippen molar-refractivity contribution in [2.75, 3.05) is 7.11 Å². The molecule has 0 spiro atoms. The molecular weight excluding hydrogens is 361 g/mol. The SMILES string of the molecule is COc1ccc(Br)c(C(=O)N(Cc2ccccc2F)C2CC2)c1. The van der Waals surface area contributed by atoms with Crippen molar-refractivity contribution in [2.24, 2.45) is 0 Å². The molecule has 0 heterocycles. The highest BCUT2D eigenvalue weighted by molar-refractivity contribution is 9.10. The van der Waals surface area contributed by atoms with Crippen molar-refractivity contribution >= 4 is 21.8 Å². The Bertz CT molecular complexity index is 731. The predicted molar refractivity (Wildman–Crippen MR) is 90.0 cm³/mol. The Morgan fingerprint density at radius 3 is 2.70 bits per heavy atom. The van der Waals surface area contributed by atoms with Gasteiger partial charge in [0.05, 0.1) is 12.7 Å². The van der Waals surface area contributed by atoms with Crippen LogP contribution in [0.1, 0.15) is 28.8 Å². The van der Waals surface area contributed by atoms with E-state index in [4.69, 9.17) is 4.74 Å². The van der Waals surface area contributed by atoms with E-state index in [0.717, 1.165) is 12.8 Å². The second-order valence-electron chi connectivity index (χ2n) is 5.60. The number of ether oxygens (including phenoxy) is 1. The van der Waals surface area contributed by atoms with Gasteiger partial charge in [-0.25, -0.2) is 4.39 Å². The van der Waals surface area contributed by atoms with E-state index in [0.29, 0.717) is 21.3 Å². The summed E-state index contributed by atoms with van der Waals surface area (Å²) in [5.41, 5.74) is 1.07. The minimum absolute atomic E-state index is 0.110. The number of hydrogen-bond acceptors (Lipinski definition) is 2. The van der Waals surface area contributed by atoms with Crippen LogP contribution in [0.25, 0.3) is 0 Å². The maximum Gasteiger partial charge on any atom is 0.255 e. The van der Waals surface area contributed by atoms with Gasteiger partial charge in [-0.15, -0.1) is 0 Å². The van der Waals surface area contributed by atoms with E-state index in [1.807, 2.05) is 0 Å². The van der Waals surface area contributed by atoms with Crippen LogP contribution in [-0.2, 0) is 6.54 Å². The number of nitrogens with zero attached hydrogens (tertiary/aromatic N) is 1. The zero-order valence-corrected chi connectivity index (χ0v) is 14.3. The Balaban J connectivity index is 1.90. The Kier molecular flexibility index (Phi) is 4.66. The molecule has 0 N–H and O–H groups in total. The number of halogens is 2. The maximum atomic E-state index is 13.9. The van der Waals surface area contributed by atoms with E-state index in [-0.39, 0.29) is 24.3 Å². The molecular formula is C18H17BrFNO2. The zero-order valence-electron chi connectivity index (χ0n) is 12.8. The second-order valence-corrected chi connectivity index (χ2v) is 6.46. The lowest BCUT2D eigenvalue weighted by atomic mass is 10.1. The first kappa shape index (κ1) is 16.0. The standard InChI is InChI=1S/C18H17BrFNO2/c1-23-14-8-9-16(19)15(10-14)18(22)21(13-6-7-13)11-12-4-2-3-5-17(12)20/h2-5,8-10,13H,6-7,11H2,1H3. The zero-order chi connectivity index (χ0) is 16.4. The number of methoxy groups -OCH3 is 1. The summed E-state index contributed by atoms with van der Waals surface area (Å²) in [7, 11) is 1.56. The molecule has 0 saturated heterocycles. The van der Waals surface area contributed by atoms with Crippen LogP contribution in [0.2, 0.25) is 0 Å². The summed E-state index contributed by atoms with van der Waals surface area (Å²) >= 11 is 3.42. The van der Waals surface area contributed by atoms with Crippen LogP contribution in [0, 0.1) is 5.82 Å². The van der Waals surface area contributed by atoms with E-state index < -0.39 is 0 Å². The molecule has 1 amide bonds. The van der Waals surface area contributed by atoms with Gasteiger partial charge in [0.2, 0.25) is 0 Å². The van der Waals surface area contributed by atoms with E-state index in [2.05, 4.69) is 15.9 Å². The van der Waals surface area contributed by atoms with Crippen molar-refractivity contribution in [3.05, 3.63) is 63.9 Å². The van der Waals surface area contributed by atoms with Crippen molar-refractivity contribution in [3.63, 3.8) is 0 Å². The van der Waals surface area contributed by atoms with Crippen molar-refractivity contribution < 1.29 is 13.9 Å².